The summed E-state index contributed by atoms with van der Waals surface area (Å²) < 4.78 is 1.00. The van der Waals surface area contributed by atoms with Crippen LogP contribution in [0, 0.1) is 0 Å². The van der Waals surface area contributed by atoms with Gasteiger partial charge in [0.05, 0.1) is 6.10 Å². The van der Waals surface area contributed by atoms with Crippen LogP contribution < -0.4 is 0 Å². The molecule has 0 unspecified atom stereocenters. The molecule has 0 spiro atoms. The Morgan fingerprint density at radius 2 is 1.77 bits per heavy atom. The molecule has 2 aromatic carbocycles. The summed E-state index contributed by atoms with van der Waals surface area (Å²) in [6.45, 7) is 3.50. The molecule has 2 aliphatic rings. The van der Waals surface area contributed by atoms with E-state index in [1.165, 1.54) is 11.1 Å². The van der Waals surface area contributed by atoms with Crippen molar-refractivity contribution in [1.82, 2.24) is 9.80 Å². The Labute approximate surface area is 162 Å². The van der Waals surface area contributed by atoms with E-state index in [1.54, 1.807) is 4.90 Å². The fourth-order valence-corrected chi connectivity index (χ4v) is 4.41. The van der Waals surface area contributed by atoms with E-state index >= 15 is 0 Å². The number of hydrogen-bond donors (Lipinski definition) is 1. The first-order valence-electron chi connectivity index (χ1n) is 9.15. The number of carbonyl (C=O) groups is 1. The zero-order valence-corrected chi connectivity index (χ0v) is 16.3. The van der Waals surface area contributed by atoms with Gasteiger partial charge in [-0.15, -0.1) is 0 Å². The zero-order chi connectivity index (χ0) is 18.1. The van der Waals surface area contributed by atoms with Gasteiger partial charge in [-0.1, -0.05) is 40.2 Å². The number of fused-ring (bicyclic) bond motifs is 2. The fourth-order valence-electron chi connectivity index (χ4n) is 4.00. The van der Waals surface area contributed by atoms with Crippen LogP contribution in [0.1, 0.15) is 27.0 Å². The maximum absolute atomic E-state index is 12.7. The van der Waals surface area contributed by atoms with Gasteiger partial charge in [0, 0.05) is 42.8 Å². The highest BCUT2D eigenvalue weighted by Crippen LogP contribution is 2.23. The number of amides is 1. The van der Waals surface area contributed by atoms with Crippen molar-refractivity contribution in [2.45, 2.75) is 25.5 Å². The Hall–Kier alpha value is -1.69. The molecule has 4 rings (SSSR count). The van der Waals surface area contributed by atoms with E-state index in [1.807, 2.05) is 18.2 Å². The molecule has 0 aliphatic carbocycles. The summed E-state index contributed by atoms with van der Waals surface area (Å²) in [5.41, 5.74) is 4.60. The predicted octanol–water partition coefficient (Wildman–Crippen LogP) is 2.87. The van der Waals surface area contributed by atoms with Crippen molar-refractivity contribution < 1.29 is 9.90 Å². The number of aliphatic hydroxyl groups excluding tert-OH is 1. The minimum absolute atomic E-state index is 0.0294. The minimum atomic E-state index is -0.527. The van der Waals surface area contributed by atoms with Gasteiger partial charge in [0.15, 0.2) is 0 Å². The minimum Gasteiger partial charge on any atom is -0.390 e. The largest absolute Gasteiger partial charge is 0.390 e. The molecule has 0 bridgehead atoms. The summed E-state index contributed by atoms with van der Waals surface area (Å²) in [5.74, 6) is 0.0294. The average Bonchev–Trinajstić information content (AvgIpc) is 2.64. The summed E-state index contributed by atoms with van der Waals surface area (Å²) in [5, 5.41) is 10.6. The summed E-state index contributed by atoms with van der Waals surface area (Å²) >= 11 is 3.46. The van der Waals surface area contributed by atoms with E-state index in [0.29, 0.717) is 19.6 Å². The molecular formula is C21H23BrN2O2. The first-order chi connectivity index (χ1) is 12.6. The van der Waals surface area contributed by atoms with E-state index in [2.05, 4.69) is 45.1 Å². The molecule has 0 fully saturated rings. The van der Waals surface area contributed by atoms with E-state index in [9.17, 15) is 9.90 Å². The van der Waals surface area contributed by atoms with Crippen molar-refractivity contribution in [3.63, 3.8) is 0 Å². The average molecular weight is 415 g/mol. The third-order valence-corrected chi connectivity index (χ3v) is 5.84. The van der Waals surface area contributed by atoms with Gasteiger partial charge in [-0.05, 0) is 47.7 Å². The second-order valence-electron chi connectivity index (χ2n) is 7.21. The van der Waals surface area contributed by atoms with Gasteiger partial charge in [0.1, 0.15) is 0 Å². The Morgan fingerprint density at radius 3 is 2.62 bits per heavy atom. The molecule has 1 atom stereocenters. The van der Waals surface area contributed by atoms with E-state index in [0.717, 1.165) is 41.5 Å². The third-order valence-electron chi connectivity index (χ3n) is 5.35. The molecule has 0 saturated heterocycles. The first-order valence-corrected chi connectivity index (χ1v) is 9.94. The molecular weight excluding hydrogens is 392 g/mol. The van der Waals surface area contributed by atoms with Gasteiger partial charge >= 0.3 is 0 Å². The van der Waals surface area contributed by atoms with Crippen LogP contribution in [0.15, 0.2) is 46.9 Å². The molecule has 5 heteroatoms. The molecule has 0 radical (unpaired) electrons. The Bertz CT molecular complexity index is 823. The van der Waals surface area contributed by atoms with Crippen LogP contribution in [0.25, 0.3) is 0 Å². The lowest BCUT2D eigenvalue weighted by atomic mass is 9.98. The quantitative estimate of drug-likeness (QED) is 0.836. The Kier molecular flexibility index (Phi) is 5.11. The molecule has 4 nitrogen and oxygen atoms in total. The number of carbonyl (C=O) groups excluding carboxylic acids is 1. The monoisotopic (exact) mass is 414 g/mol. The van der Waals surface area contributed by atoms with Crippen LogP contribution in [-0.4, -0.2) is 53.1 Å². The van der Waals surface area contributed by atoms with Crippen LogP contribution in [0.2, 0.25) is 0 Å². The van der Waals surface area contributed by atoms with Crippen LogP contribution in [0.5, 0.6) is 0 Å². The van der Waals surface area contributed by atoms with E-state index in [-0.39, 0.29) is 5.91 Å². The second kappa shape index (κ2) is 7.51. The number of benzene rings is 2. The number of hydrogen-bond acceptors (Lipinski definition) is 3. The van der Waals surface area contributed by atoms with Crippen molar-refractivity contribution in [2.75, 3.05) is 26.2 Å². The van der Waals surface area contributed by atoms with Gasteiger partial charge in [-0.25, -0.2) is 0 Å². The highest BCUT2D eigenvalue weighted by Gasteiger charge is 2.27. The highest BCUT2D eigenvalue weighted by atomic mass is 79.9. The van der Waals surface area contributed by atoms with Gasteiger partial charge in [0.2, 0.25) is 0 Å². The smallest absolute Gasteiger partial charge is 0.254 e. The fraction of sp³-hybridized carbons (Fsp3) is 0.381. The molecule has 26 heavy (non-hydrogen) atoms. The third kappa shape index (κ3) is 3.70. The SMILES string of the molecule is O=C1c2ccc(Br)cc2CCN1C[C@H](O)CN1CCc2ccccc2C1. The molecule has 0 aromatic heterocycles. The number of aliphatic hydroxyl groups is 1. The number of nitrogens with zero attached hydrogens (tertiary/aromatic N) is 2. The maximum atomic E-state index is 12.7. The summed E-state index contributed by atoms with van der Waals surface area (Å²) in [6.07, 6.45) is 1.33. The lowest BCUT2D eigenvalue weighted by Crippen LogP contribution is -2.46. The molecule has 2 aromatic rings. The lowest BCUT2D eigenvalue weighted by molar-refractivity contribution is 0.0493. The normalized spacial score (nSPS) is 18.4. The molecule has 136 valence electrons. The lowest BCUT2D eigenvalue weighted by Gasteiger charge is -2.34. The van der Waals surface area contributed by atoms with Gasteiger partial charge in [-0.2, -0.15) is 0 Å². The standard InChI is InChI=1S/C21H23BrN2O2/c22-18-5-6-20-16(11-18)8-10-24(21(20)26)14-19(25)13-23-9-7-15-3-1-2-4-17(15)12-23/h1-6,11,19,25H,7-10,12-14H2/t19-/m1/s1. The van der Waals surface area contributed by atoms with Crippen molar-refractivity contribution in [3.05, 3.63) is 69.2 Å². The first kappa shape index (κ1) is 17.7. The molecule has 2 heterocycles. The van der Waals surface area contributed by atoms with Crippen LogP contribution in [0.3, 0.4) is 0 Å². The van der Waals surface area contributed by atoms with E-state index in [4.69, 9.17) is 0 Å². The Morgan fingerprint density at radius 1 is 1.00 bits per heavy atom. The van der Waals surface area contributed by atoms with E-state index < -0.39 is 6.10 Å². The molecule has 1 N–H and O–H groups in total. The summed E-state index contributed by atoms with van der Waals surface area (Å²) in [7, 11) is 0. The predicted molar refractivity (Wildman–Crippen MR) is 105 cm³/mol. The molecule has 2 aliphatic heterocycles. The summed E-state index contributed by atoms with van der Waals surface area (Å²) in [4.78, 5) is 16.8. The van der Waals surface area contributed by atoms with Crippen molar-refractivity contribution in [3.8, 4) is 0 Å². The summed E-state index contributed by atoms with van der Waals surface area (Å²) in [6, 6.07) is 14.3. The van der Waals surface area contributed by atoms with Gasteiger partial charge in [0.25, 0.3) is 5.91 Å². The molecule has 0 saturated carbocycles. The van der Waals surface area contributed by atoms with Gasteiger partial charge in [-0.3, -0.25) is 9.69 Å². The van der Waals surface area contributed by atoms with Crippen LogP contribution >= 0.6 is 15.9 Å². The number of rotatable bonds is 4. The molecule has 1 amide bonds. The topological polar surface area (TPSA) is 43.8 Å². The maximum Gasteiger partial charge on any atom is 0.254 e. The van der Waals surface area contributed by atoms with Gasteiger partial charge < -0.3 is 10.0 Å². The highest BCUT2D eigenvalue weighted by molar-refractivity contribution is 9.10. The number of β-amino-alcohol motifs (C(OH)–C–C–N with tert-alkyl or cyclic N) is 1. The van der Waals surface area contributed by atoms with Crippen molar-refractivity contribution in [1.29, 1.82) is 0 Å². The zero-order valence-electron chi connectivity index (χ0n) is 14.7. The van der Waals surface area contributed by atoms with Crippen molar-refractivity contribution >= 4 is 21.8 Å². The second-order valence-corrected chi connectivity index (χ2v) is 8.13. The Balaban J connectivity index is 1.36. The van der Waals surface area contributed by atoms with Crippen molar-refractivity contribution in [2.24, 2.45) is 0 Å². The van der Waals surface area contributed by atoms with Crippen LogP contribution in [-0.2, 0) is 19.4 Å². The van der Waals surface area contributed by atoms with Crippen LogP contribution in [0.4, 0.5) is 0 Å². The number of halogens is 1.